The number of carbonyl (C=O) groups excluding carboxylic acids is 1. The van der Waals surface area contributed by atoms with Crippen LogP contribution in [0, 0.1) is 0 Å². The van der Waals surface area contributed by atoms with E-state index in [0.29, 0.717) is 5.56 Å². The van der Waals surface area contributed by atoms with Crippen LogP contribution in [0.25, 0.3) is 10.9 Å². The highest BCUT2D eigenvalue weighted by molar-refractivity contribution is 6.07. The fraction of sp³-hybridized carbons (Fsp3) is 0.143. The maximum absolute atomic E-state index is 12.1. The summed E-state index contributed by atoms with van der Waals surface area (Å²) in [6.45, 7) is 3.48. The van der Waals surface area contributed by atoms with Gasteiger partial charge in [-0.3, -0.25) is 4.79 Å². The molecule has 1 unspecified atom stereocenters. The second kappa shape index (κ2) is 5.39. The number of hydrogen-bond donors (Lipinski definition) is 3. The zero-order valence-electron chi connectivity index (χ0n) is 10.2. The highest BCUT2D eigenvalue weighted by atomic mass is 16.4. The molecule has 0 saturated carbocycles. The highest BCUT2D eigenvalue weighted by Crippen LogP contribution is 2.17. The van der Waals surface area contributed by atoms with Gasteiger partial charge in [0.25, 0.3) is 5.91 Å². The average molecular weight is 258 g/mol. The van der Waals surface area contributed by atoms with Crippen molar-refractivity contribution in [2.45, 2.75) is 12.5 Å². The second-order valence-corrected chi connectivity index (χ2v) is 4.13. The minimum atomic E-state index is -1.07. The standard InChI is InChI=1S/C14H14N2O3/c1-2-4-12(14(18)19)16-13(17)10-5-3-6-11-9(10)7-8-15-11/h2-3,5-8,12,15H,1,4H2,(H,16,17)(H,18,19). The fourth-order valence-corrected chi connectivity index (χ4v) is 1.91. The van der Waals surface area contributed by atoms with Crippen LogP contribution in [0.3, 0.4) is 0 Å². The Morgan fingerprint density at radius 2 is 2.21 bits per heavy atom. The number of aromatic nitrogens is 1. The van der Waals surface area contributed by atoms with Crippen molar-refractivity contribution in [3.63, 3.8) is 0 Å². The number of aliphatic carboxylic acids is 1. The molecular weight excluding hydrogens is 244 g/mol. The van der Waals surface area contributed by atoms with E-state index in [0.717, 1.165) is 10.9 Å². The Bertz CT molecular complexity index is 630. The molecular formula is C14H14N2O3. The van der Waals surface area contributed by atoms with Crippen LogP contribution in [0.2, 0.25) is 0 Å². The summed E-state index contributed by atoms with van der Waals surface area (Å²) in [6, 6.07) is 6.09. The van der Waals surface area contributed by atoms with Crippen LogP contribution in [0.5, 0.6) is 0 Å². The van der Waals surface area contributed by atoms with Gasteiger partial charge in [0, 0.05) is 22.7 Å². The van der Waals surface area contributed by atoms with Crippen molar-refractivity contribution in [3.8, 4) is 0 Å². The quantitative estimate of drug-likeness (QED) is 0.717. The van der Waals surface area contributed by atoms with Crippen molar-refractivity contribution < 1.29 is 14.7 Å². The van der Waals surface area contributed by atoms with Crippen LogP contribution in [-0.4, -0.2) is 28.0 Å². The van der Waals surface area contributed by atoms with E-state index in [4.69, 9.17) is 5.11 Å². The summed E-state index contributed by atoms with van der Waals surface area (Å²) in [6.07, 6.45) is 3.39. The van der Waals surface area contributed by atoms with E-state index in [1.165, 1.54) is 6.08 Å². The maximum atomic E-state index is 12.1. The maximum Gasteiger partial charge on any atom is 0.326 e. The van der Waals surface area contributed by atoms with Gasteiger partial charge in [-0.25, -0.2) is 4.79 Å². The Morgan fingerprint density at radius 3 is 2.89 bits per heavy atom. The van der Waals surface area contributed by atoms with Crippen LogP contribution >= 0.6 is 0 Å². The topological polar surface area (TPSA) is 82.2 Å². The molecule has 3 N–H and O–H groups in total. The number of rotatable bonds is 5. The molecule has 1 heterocycles. The number of hydrogen-bond acceptors (Lipinski definition) is 2. The van der Waals surface area contributed by atoms with Gasteiger partial charge in [-0.2, -0.15) is 0 Å². The van der Waals surface area contributed by atoms with E-state index < -0.39 is 17.9 Å². The van der Waals surface area contributed by atoms with Gasteiger partial charge < -0.3 is 15.4 Å². The Balaban J connectivity index is 2.26. The molecule has 0 saturated heterocycles. The fourth-order valence-electron chi connectivity index (χ4n) is 1.91. The number of carbonyl (C=O) groups is 2. The third-order valence-electron chi connectivity index (χ3n) is 2.85. The van der Waals surface area contributed by atoms with Crippen molar-refractivity contribution >= 4 is 22.8 Å². The Hall–Kier alpha value is -2.56. The van der Waals surface area contributed by atoms with Crippen LogP contribution in [-0.2, 0) is 4.79 Å². The molecule has 0 aliphatic carbocycles. The van der Waals surface area contributed by atoms with Crippen LogP contribution in [0.4, 0.5) is 0 Å². The molecule has 5 nitrogen and oxygen atoms in total. The average Bonchev–Trinajstić information content (AvgIpc) is 2.85. The molecule has 19 heavy (non-hydrogen) atoms. The summed E-state index contributed by atoms with van der Waals surface area (Å²) in [5.41, 5.74) is 1.29. The highest BCUT2D eigenvalue weighted by Gasteiger charge is 2.20. The van der Waals surface area contributed by atoms with Gasteiger partial charge in [0.05, 0.1) is 0 Å². The number of carboxylic acids is 1. The number of benzene rings is 1. The molecule has 1 aromatic heterocycles. The summed E-state index contributed by atoms with van der Waals surface area (Å²) in [7, 11) is 0. The lowest BCUT2D eigenvalue weighted by Crippen LogP contribution is -2.40. The summed E-state index contributed by atoms with van der Waals surface area (Å²) in [5.74, 6) is -1.48. The lowest BCUT2D eigenvalue weighted by molar-refractivity contribution is -0.139. The number of aromatic amines is 1. The van der Waals surface area contributed by atoms with Gasteiger partial charge in [-0.1, -0.05) is 12.1 Å². The predicted octanol–water partition coefficient (Wildman–Crippen LogP) is 1.93. The monoisotopic (exact) mass is 258 g/mol. The molecule has 0 aliphatic heterocycles. The predicted molar refractivity (Wildman–Crippen MR) is 72.0 cm³/mol. The van der Waals surface area contributed by atoms with E-state index in [-0.39, 0.29) is 6.42 Å². The van der Waals surface area contributed by atoms with E-state index in [2.05, 4.69) is 16.9 Å². The summed E-state index contributed by atoms with van der Waals surface area (Å²) in [5, 5.41) is 12.3. The van der Waals surface area contributed by atoms with Gasteiger partial charge in [-0.15, -0.1) is 6.58 Å². The first-order valence-electron chi connectivity index (χ1n) is 5.84. The van der Waals surface area contributed by atoms with E-state index in [9.17, 15) is 9.59 Å². The van der Waals surface area contributed by atoms with Gasteiger partial charge in [0.1, 0.15) is 6.04 Å². The zero-order chi connectivity index (χ0) is 13.8. The minimum absolute atomic E-state index is 0.185. The lowest BCUT2D eigenvalue weighted by Gasteiger charge is -2.13. The molecule has 98 valence electrons. The van der Waals surface area contributed by atoms with Gasteiger partial charge >= 0.3 is 5.97 Å². The first-order chi connectivity index (χ1) is 9.13. The lowest BCUT2D eigenvalue weighted by atomic mass is 10.1. The number of amides is 1. The second-order valence-electron chi connectivity index (χ2n) is 4.13. The third-order valence-corrected chi connectivity index (χ3v) is 2.85. The number of carboxylic acid groups (broad SMARTS) is 1. The van der Waals surface area contributed by atoms with Gasteiger partial charge in [0.15, 0.2) is 0 Å². The van der Waals surface area contributed by atoms with Crippen molar-refractivity contribution in [2.24, 2.45) is 0 Å². The number of nitrogens with one attached hydrogen (secondary N) is 2. The first-order valence-corrected chi connectivity index (χ1v) is 5.84. The molecule has 0 fully saturated rings. The van der Waals surface area contributed by atoms with Crippen molar-refractivity contribution in [1.82, 2.24) is 10.3 Å². The Kier molecular flexibility index (Phi) is 3.66. The van der Waals surface area contributed by atoms with E-state index >= 15 is 0 Å². The Labute approximate surface area is 109 Å². The van der Waals surface area contributed by atoms with E-state index in [1.807, 2.05) is 6.07 Å². The normalized spacial score (nSPS) is 12.0. The van der Waals surface area contributed by atoms with Crippen molar-refractivity contribution in [1.29, 1.82) is 0 Å². The minimum Gasteiger partial charge on any atom is -0.480 e. The van der Waals surface area contributed by atoms with Crippen LogP contribution in [0.1, 0.15) is 16.8 Å². The van der Waals surface area contributed by atoms with Gasteiger partial charge in [-0.05, 0) is 24.6 Å². The van der Waals surface area contributed by atoms with Gasteiger partial charge in [0.2, 0.25) is 0 Å². The molecule has 2 aromatic rings. The first kappa shape index (κ1) is 12.9. The number of H-pyrrole nitrogens is 1. The molecule has 0 spiro atoms. The molecule has 2 rings (SSSR count). The number of fused-ring (bicyclic) bond motifs is 1. The van der Waals surface area contributed by atoms with Crippen LogP contribution in [0.15, 0.2) is 43.1 Å². The van der Waals surface area contributed by atoms with E-state index in [1.54, 1.807) is 24.4 Å². The molecule has 1 aromatic carbocycles. The SMILES string of the molecule is C=CCC(NC(=O)c1cccc2[nH]ccc12)C(=O)O. The molecule has 0 radical (unpaired) electrons. The summed E-state index contributed by atoms with van der Waals surface area (Å²) < 4.78 is 0. The molecule has 0 aliphatic rings. The summed E-state index contributed by atoms with van der Waals surface area (Å²) >= 11 is 0. The molecule has 1 amide bonds. The van der Waals surface area contributed by atoms with Crippen LogP contribution < -0.4 is 5.32 Å². The van der Waals surface area contributed by atoms with Crippen molar-refractivity contribution in [3.05, 3.63) is 48.7 Å². The molecule has 1 atom stereocenters. The largest absolute Gasteiger partial charge is 0.480 e. The molecule has 5 heteroatoms. The third kappa shape index (κ3) is 2.65. The summed E-state index contributed by atoms with van der Waals surface area (Å²) in [4.78, 5) is 26.1. The smallest absolute Gasteiger partial charge is 0.326 e. The molecule has 0 bridgehead atoms. The zero-order valence-corrected chi connectivity index (χ0v) is 10.2. The van der Waals surface area contributed by atoms with Crippen molar-refractivity contribution in [2.75, 3.05) is 0 Å². The Morgan fingerprint density at radius 1 is 1.42 bits per heavy atom.